The first-order chi connectivity index (χ1) is 10.3. The number of nitrogens with zero attached hydrogens (tertiary/aromatic N) is 2. The molecule has 3 N–H and O–H groups in total. The van der Waals surface area contributed by atoms with Crippen molar-refractivity contribution in [1.82, 2.24) is 15.3 Å². The first kappa shape index (κ1) is 15.4. The molecule has 2 rings (SSSR count). The molecule has 114 valence electrons. The number of hydrogen-bond donors (Lipinski definition) is 3. The summed E-state index contributed by atoms with van der Waals surface area (Å²) in [5.41, 5.74) is -1.23. The Labute approximate surface area is 124 Å². The van der Waals surface area contributed by atoms with Crippen LogP contribution in [0.1, 0.15) is 12.6 Å². The quantitative estimate of drug-likeness (QED) is 0.673. The molecular weight excluding hydrogens is 290 g/mol. The predicted octanol–water partition coefficient (Wildman–Crippen LogP) is 0.216. The lowest BCUT2D eigenvalue weighted by atomic mass is 9.93. The number of carboxylic acid groups (broad SMARTS) is 2. The van der Waals surface area contributed by atoms with Crippen LogP contribution in [-0.2, 0) is 20.8 Å². The Morgan fingerprint density at radius 3 is 2.27 bits per heavy atom. The number of nitrogens with one attached hydrogen (secondary N) is 1. The molecule has 22 heavy (non-hydrogen) atoms. The van der Waals surface area contributed by atoms with Gasteiger partial charge in [-0.15, -0.1) is 0 Å². The number of carboxylic acids is 2. The lowest BCUT2D eigenvalue weighted by molar-refractivity contribution is -0.161. The first-order valence-corrected chi connectivity index (χ1v) is 6.31. The number of carbonyl (C=O) groups is 3. The lowest BCUT2D eigenvalue weighted by Crippen LogP contribution is -2.61. The van der Waals surface area contributed by atoms with Crippen LogP contribution in [0.4, 0.5) is 0 Å². The number of rotatable bonds is 5. The summed E-state index contributed by atoms with van der Waals surface area (Å²) in [6.45, 7) is 1.05. The van der Waals surface area contributed by atoms with Crippen molar-refractivity contribution in [2.45, 2.75) is 18.9 Å². The SMILES string of the molecule is CC(=O)NC(Cc1cnc2ccccc2n1)(C(=O)O)C(=O)O. The van der Waals surface area contributed by atoms with Crippen molar-refractivity contribution in [2.24, 2.45) is 0 Å². The van der Waals surface area contributed by atoms with Crippen molar-refractivity contribution in [3.63, 3.8) is 0 Å². The van der Waals surface area contributed by atoms with Crippen LogP contribution in [0, 0.1) is 0 Å². The highest BCUT2D eigenvalue weighted by Gasteiger charge is 2.48. The molecule has 8 nitrogen and oxygen atoms in total. The number of aliphatic carboxylic acids is 2. The maximum Gasteiger partial charge on any atom is 0.341 e. The van der Waals surface area contributed by atoms with Gasteiger partial charge in [0.15, 0.2) is 0 Å². The van der Waals surface area contributed by atoms with Gasteiger partial charge in [0.2, 0.25) is 11.4 Å². The van der Waals surface area contributed by atoms with Gasteiger partial charge in [-0.25, -0.2) is 14.6 Å². The third kappa shape index (κ3) is 2.85. The molecule has 0 fully saturated rings. The minimum Gasteiger partial charge on any atom is -0.479 e. The fraction of sp³-hybridized carbons (Fsp3) is 0.214. The molecule has 0 unspecified atom stereocenters. The van der Waals surface area contributed by atoms with Crippen LogP contribution in [0.5, 0.6) is 0 Å². The summed E-state index contributed by atoms with van der Waals surface area (Å²) in [5.74, 6) is -4.12. The Balaban J connectivity index is 2.46. The second kappa shape index (κ2) is 5.76. The lowest BCUT2D eigenvalue weighted by Gasteiger charge is -2.25. The van der Waals surface area contributed by atoms with Gasteiger partial charge in [-0.05, 0) is 12.1 Å². The van der Waals surface area contributed by atoms with E-state index in [4.69, 9.17) is 0 Å². The first-order valence-electron chi connectivity index (χ1n) is 6.31. The van der Waals surface area contributed by atoms with Gasteiger partial charge in [0.1, 0.15) is 0 Å². The number of benzene rings is 1. The molecule has 8 heteroatoms. The van der Waals surface area contributed by atoms with E-state index in [2.05, 4.69) is 9.97 Å². The van der Waals surface area contributed by atoms with Crippen molar-refractivity contribution in [3.8, 4) is 0 Å². The molecule has 0 atom stereocenters. The van der Waals surface area contributed by atoms with Crippen LogP contribution < -0.4 is 5.32 Å². The van der Waals surface area contributed by atoms with Crippen molar-refractivity contribution >= 4 is 28.9 Å². The van der Waals surface area contributed by atoms with Crippen molar-refractivity contribution in [2.75, 3.05) is 0 Å². The minimum atomic E-state index is -2.48. The third-order valence-corrected chi connectivity index (χ3v) is 3.06. The summed E-state index contributed by atoms with van der Waals surface area (Å²) >= 11 is 0. The van der Waals surface area contributed by atoms with Crippen molar-refractivity contribution in [1.29, 1.82) is 0 Å². The van der Waals surface area contributed by atoms with E-state index in [1.165, 1.54) is 6.20 Å². The van der Waals surface area contributed by atoms with E-state index in [1.54, 1.807) is 24.3 Å². The highest BCUT2D eigenvalue weighted by atomic mass is 16.4. The number of carbonyl (C=O) groups excluding carboxylic acids is 1. The van der Waals surface area contributed by atoms with Gasteiger partial charge in [-0.1, -0.05) is 12.1 Å². The zero-order valence-corrected chi connectivity index (χ0v) is 11.6. The van der Waals surface area contributed by atoms with E-state index in [0.717, 1.165) is 6.92 Å². The number of hydrogen-bond acceptors (Lipinski definition) is 5. The monoisotopic (exact) mass is 303 g/mol. The highest BCUT2D eigenvalue weighted by molar-refractivity contribution is 6.06. The van der Waals surface area contributed by atoms with Crippen LogP contribution in [-0.4, -0.2) is 43.6 Å². The summed E-state index contributed by atoms with van der Waals surface area (Å²) < 4.78 is 0. The number of aromatic nitrogens is 2. The fourth-order valence-electron chi connectivity index (χ4n) is 2.05. The summed E-state index contributed by atoms with van der Waals surface area (Å²) in [4.78, 5) is 42.3. The molecule has 1 aromatic carbocycles. The normalized spacial score (nSPS) is 11.1. The average molecular weight is 303 g/mol. The second-order valence-corrected chi connectivity index (χ2v) is 4.72. The van der Waals surface area contributed by atoms with Crippen LogP contribution in [0.15, 0.2) is 30.5 Å². The van der Waals surface area contributed by atoms with Gasteiger partial charge in [0.25, 0.3) is 0 Å². The Bertz CT molecular complexity index is 745. The van der Waals surface area contributed by atoms with Gasteiger partial charge < -0.3 is 15.5 Å². The molecule has 1 amide bonds. The Morgan fingerprint density at radius 2 is 1.73 bits per heavy atom. The van der Waals surface area contributed by atoms with E-state index >= 15 is 0 Å². The molecule has 0 bridgehead atoms. The summed E-state index contributed by atoms with van der Waals surface area (Å²) in [6, 6.07) is 6.90. The number of amides is 1. The van der Waals surface area contributed by atoms with Crippen molar-refractivity contribution in [3.05, 3.63) is 36.2 Å². The zero-order chi connectivity index (χ0) is 16.3. The fourth-order valence-corrected chi connectivity index (χ4v) is 2.05. The van der Waals surface area contributed by atoms with Gasteiger partial charge in [0.05, 0.1) is 16.7 Å². The van der Waals surface area contributed by atoms with E-state index in [1.807, 2.05) is 5.32 Å². The van der Waals surface area contributed by atoms with E-state index in [9.17, 15) is 24.6 Å². The molecule has 1 aromatic heterocycles. The molecule has 0 radical (unpaired) electrons. The predicted molar refractivity (Wildman–Crippen MR) is 75.1 cm³/mol. The molecule has 0 aliphatic carbocycles. The van der Waals surface area contributed by atoms with Crippen LogP contribution in [0.25, 0.3) is 11.0 Å². The minimum absolute atomic E-state index is 0.150. The standard InChI is InChI=1S/C14H13N3O5/c1-8(18)17-14(12(19)20,13(21)22)6-9-7-15-10-4-2-3-5-11(10)16-9/h2-5,7H,6H2,1H3,(H,17,18)(H,19,20)(H,21,22). The third-order valence-electron chi connectivity index (χ3n) is 3.06. The molecular formula is C14H13N3O5. The number of para-hydroxylation sites is 2. The van der Waals surface area contributed by atoms with Crippen LogP contribution >= 0.6 is 0 Å². The maximum absolute atomic E-state index is 11.4. The van der Waals surface area contributed by atoms with E-state index in [-0.39, 0.29) is 5.69 Å². The summed E-state index contributed by atoms with van der Waals surface area (Å²) in [6.07, 6.45) is 0.778. The maximum atomic E-state index is 11.4. The molecule has 0 aliphatic rings. The van der Waals surface area contributed by atoms with E-state index < -0.39 is 29.8 Å². The average Bonchev–Trinajstić information content (AvgIpc) is 2.45. The highest BCUT2D eigenvalue weighted by Crippen LogP contribution is 2.16. The van der Waals surface area contributed by atoms with Gasteiger partial charge in [-0.3, -0.25) is 9.78 Å². The molecule has 0 spiro atoms. The summed E-state index contributed by atoms with van der Waals surface area (Å²) in [5, 5.41) is 20.5. The smallest absolute Gasteiger partial charge is 0.341 e. The molecule has 0 aliphatic heterocycles. The topological polar surface area (TPSA) is 129 Å². The van der Waals surface area contributed by atoms with Crippen LogP contribution in [0.2, 0.25) is 0 Å². The van der Waals surface area contributed by atoms with E-state index in [0.29, 0.717) is 11.0 Å². The molecule has 1 heterocycles. The molecule has 0 saturated heterocycles. The Hall–Kier alpha value is -3.03. The number of fused-ring (bicyclic) bond motifs is 1. The van der Waals surface area contributed by atoms with Gasteiger partial charge in [0, 0.05) is 19.5 Å². The van der Waals surface area contributed by atoms with Crippen LogP contribution in [0.3, 0.4) is 0 Å². The summed E-state index contributed by atoms with van der Waals surface area (Å²) in [7, 11) is 0. The Kier molecular flexibility index (Phi) is 4.02. The molecule has 2 aromatic rings. The van der Waals surface area contributed by atoms with Gasteiger partial charge >= 0.3 is 11.9 Å². The van der Waals surface area contributed by atoms with Gasteiger partial charge in [-0.2, -0.15) is 0 Å². The molecule has 0 saturated carbocycles. The largest absolute Gasteiger partial charge is 0.479 e. The second-order valence-electron chi connectivity index (χ2n) is 4.72. The Morgan fingerprint density at radius 1 is 1.14 bits per heavy atom. The zero-order valence-electron chi connectivity index (χ0n) is 11.6. The van der Waals surface area contributed by atoms with Crippen molar-refractivity contribution < 1.29 is 24.6 Å².